The van der Waals surface area contributed by atoms with Crippen molar-refractivity contribution in [2.24, 2.45) is 0 Å². The number of likely N-dealkylation sites (tertiary alicyclic amines) is 1. The van der Waals surface area contributed by atoms with E-state index in [1.54, 1.807) is 0 Å². The fraction of sp³-hybridized carbons (Fsp3) is 0.917. The normalized spacial score (nSPS) is 27.6. The van der Waals surface area contributed by atoms with E-state index in [0.29, 0.717) is 6.54 Å². The zero-order valence-electron chi connectivity index (χ0n) is 10.6. The highest BCUT2D eigenvalue weighted by molar-refractivity contribution is 5.82. The molecule has 1 unspecified atom stereocenters. The number of piperazine rings is 1. The number of hydrogen-bond acceptors (Lipinski definition) is 3. The van der Waals surface area contributed by atoms with Crippen LogP contribution in [0, 0.1) is 0 Å². The molecule has 1 amide bonds. The van der Waals surface area contributed by atoms with E-state index in [1.807, 2.05) is 4.90 Å². The summed E-state index contributed by atoms with van der Waals surface area (Å²) in [5, 5.41) is 10.7. The van der Waals surface area contributed by atoms with E-state index in [4.69, 9.17) is 0 Å². The van der Waals surface area contributed by atoms with E-state index in [9.17, 15) is 9.90 Å². The molecule has 5 nitrogen and oxygen atoms in total. The number of carbonyl (C=O) groups is 1. The second-order valence-electron chi connectivity index (χ2n) is 5.03. The number of carbonyl (C=O) groups excluding carboxylic acids is 1. The van der Waals surface area contributed by atoms with Gasteiger partial charge >= 0.3 is 0 Å². The summed E-state index contributed by atoms with van der Waals surface area (Å²) in [5.74, 6) is 0.240. The maximum absolute atomic E-state index is 12.4. The zero-order chi connectivity index (χ0) is 12.3. The molecule has 97 valence electrons. The smallest absolute Gasteiger partial charge is 0.240 e. The van der Waals surface area contributed by atoms with Gasteiger partial charge in [-0.25, -0.2) is 5.11 Å². The van der Waals surface area contributed by atoms with Crippen LogP contribution in [0.15, 0.2) is 0 Å². The Labute approximate surface area is 103 Å². The van der Waals surface area contributed by atoms with Gasteiger partial charge in [0.2, 0.25) is 5.91 Å². The number of hydrogen-bond donors (Lipinski definition) is 0. The van der Waals surface area contributed by atoms with Crippen molar-refractivity contribution in [3.8, 4) is 0 Å². The highest BCUT2D eigenvalue weighted by atomic mass is 16.3. The summed E-state index contributed by atoms with van der Waals surface area (Å²) in [7, 11) is 2.08. The summed E-state index contributed by atoms with van der Waals surface area (Å²) in [5.41, 5.74) is 0. The van der Waals surface area contributed by atoms with Crippen molar-refractivity contribution in [2.75, 3.05) is 52.9 Å². The van der Waals surface area contributed by atoms with Crippen molar-refractivity contribution in [3.63, 3.8) is 0 Å². The third-order valence-electron chi connectivity index (χ3n) is 3.84. The first-order chi connectivity index (χ1) is 8.22. The SMILES string of the molecule is CN1CCN(C(=O)C2CCCN2CC[O])CC1. The van der Waals surface area contributed by atoms with E-state index in [2.05, 4.69) is 16.8 Å². The molecule has 0 N–H and O–H groups in total. The Balaban J connectivity index is 1.90. The number of rotatable bonds is 3. The largest absolute Gasteiger partial charge is 0.339 e. The summed E-state index contributed by atoms with van der Waals surface area (Å²) < 4.78 is 0. The van der Waals surface area contributed by atoms with E-state index in [-0.39, 0.29) is 18.6 Å². The molecule has 1 radical (unpaired) electrons. The van der Waals surface area contributed by atoms with Crippen LogP contribution in [0.5, 0.6) is 0 Å². The van der Waals surface area contributed by atoms with Crippen LogP contribution in [-0.4, -0.2) is 79.6 Å². The van der Waals surface area contributed by atoms with Gasteiger partial charge in [0.05, 0.1) is 12.6 Å². The molecule has 2 aliphatic rings. The van der Waals surface area contributed by atoms with E-state index < -0.39 is 0 Å². The van der Waals surface area contributed by atoms with Gasteiger partial charge in [0.1, 0.15) is 0 Å². The number of amides is 1. The van der Waals surface area contributed by atoms with E-state index in [0.717, 1.165) is 45.6 Å². The van der Waals surface area contributed by atoms with Crippen LogP contribution < -0.4 is 0 Å². The molecule has 0 aromatic carbocycles. The standard InChI is InChI=1S/C12H22N3O2/c1-13-5-7-15(8-6-13)12(17)11-3-2-4-14(11)9-10-16/h11H,2-10H2,1H3. The van der Waals surface area contributed by atoms with Gasteiger partial charge < -0.3 is 9.80 Å². The maximum Gasteiger partial charge on any atom is 0.240 e. The molecule has 2 aliphatic heterocycles. The molecule has 0 spiro atoms. The molecular formula is C12H22N3O2. The lowest BCUT2D eigenvalue weighted by Gasteiger charge is -2.35. The molecule has 5 heteroatoms. The van der Waals surface area contributed by atoms with Gasteiger partial charge in [-0.1, -0.05) is 0 Å². The van der Waals surface area contributed by atoms with Crippen LogP contribution in [0.3, 0.4) is 0 Å². The van der Waals surface area contributed by atoms with Crippen molar-refractivity contribution >= 4 is 5.91 Å². The monoisotopic (exact) mass is 240 g/mol. The fourth-order valence-electron chi connectivity index (χ4n) is 2.73. The molecule has 0 bridgehead atoms. The van der Waals surface area contributed by atoms with E-state index >= 15 is 0 Å². The summed E-state index contributed by atoms with van der Waals surface area (Å²) in [6.07, 6.45) is 1.97. The molecular weight excluding hydrogens is 218 g/mol. The average Bonchev–Trinajstić information content (AvgIpc) is 2.78. The van der Waals surface area contributed by atoms with Crippen LogP contribution in [0.4, 0.5) is 0 Å². The molecule has 2 rings (SSSR count). The second kappa shape index (κ2) is 5.80. The van der Waals surface area contributed by atoms with Gasteiger partial charge in [-0.15, -0.1) is 0 Å². The predicted molar refractivity (Wildman–Crippen MR) is 64.2 cm³/mol. The first-order valence-corrected chi connectivity index (χ1v) is 6.52. The Kier molecular flexibility index (Phi) is 4.36. The second-order valence-corrected chi connectivity index (χ2v) is 5.03. The van der Waals surface area contributed by atoms with E-state index in [1.165, 1.54) is 0 Å². The zero-order valence-corrected chi connectivity index (χ0v) is 10.6. The lowest BCUT2D eigenvalue weighted by molar-refractivity contribution is -0.137. The van der Waals surface area contributed by atoms with Crippen molar-refractivity contribution < 1.29 is 9.90 Å². The summed E-state index contributed by atoms with van der Waals surface area (Å²) in [4.78, 5) is 18.6. The van der Waals surface area contributed by atoms with Crippen LogP contribution in [-0.2, 0) is 9.90 Å². The topological polar surface area (TPSA) is 46.7 Å². The highest BCUT2D eigenvalue weighted by Gasteiger charge is 2.33. The van der Waals surface area contributed by atoms with Gasteiger partial charge in [0, 0.05) is 32.7 Å². The Morgan fingerprint density at radius 2 is 1.88 bits per heavy atom. The number of nitrogens with zero attached hydrogens (tertiary/aromatic N) is 3. The minimum absolute atomic E-state index is 0.0210. The number of likely N-dealkylation sites (N-methyl/N-ethyl adjacent to an activating group) is 1. The van der Waals surface area contributed by atoms with Crippen molar-refractivity contribution in [1.82, 2.24) is 14.7 Å². The first-order valence-electron chi connectivity index (χ1n) is 6.52. The molecule has 2 saturated heterocycles. The van der Waals surface area contributed by atoms with Crippen LogP contribution in [0.2, 0.25) is 0 Å². The lowest BCUT2D eigenvalue weighted by atomic mass is 10.1. The summed E-state index contributed by atoms with van der Waals surface area (Å²) >= 11 is 0. The van der Waals surface area contributed by atoms with Crippen molar-refractivity contribution in [2.45, 2.75) is 18.9 Å². The Hall–Kier alpha value is -0.650. The Morgan fingerprint density at radius 1 is 1.18 bits per heavy atom. The molecule has 0 aromatic rings. The van der Waals surface area contributed by atoms with Crippen LogP contribution in [0.1, 0.15) is 12.8 Å². The molecule has 1 atom stereocenters. The van der Waals surface area contributed by atoms with Gasteiger partial charge in [-0.3, -0.25) is 9.69 Å². The highest BCUT2D eigenvalue weighted by Crippen LogP contribution is 2.19. The Bertz CT molecular complexity index is 264. The van der Waals surface area contributed by atoms with Gasteiger partial charge in [-0.2, -0.15) is 0 Å². The lowest BCUT2D eigenvalue weighted by Crippen LogP contribution is -2.53. The minimum atomic E-state index is -0.105. The first kappa shape index (κ1) is 12.8. The molecule has 0 saturated carbocycles. The molecule has 17 heavy (non-hydrogen) atoms. The molecule has 0 aliphatic carbocycles. The van der Waals surface area contributed by atoms with Gasteiger partial charge in [0.25, 0.3) is 0 Å². The van der Waals surface area contributed by atoms with Crippen LogP contribution >= 0.6 is 0 Å². The fourth-order valence-corrected chi connectivity index (χ4v) is 2.73. The minimum Gasteiger partial charge on any atom is -0.339 e. The summed E-state index contributed by atoms with van der Waals surface area (Å²) in [6.45, 7) is 4.90. The average molecular weight is 240 g/mol. The molecule has 2 heterocycles. The van der Waals surface area contributed by atoms with Gasteiger partial charge in [-0.05, 0) is 26.4 Å². The quantitative estimate of drug-likeness (QED) is 0.678. The molecule has 2 fully saturated rings. The third-order valence-corrected chi connectivity index (χ3v) is 3.84. The van der Waals surface area contributed by atoms with Gasteiger partial charge in [0.15, 0.2) is 0 Å². The summed E-state index contributed by atoms with van der Waals surface area (Å²) in [6, 6.07) is -0.0210. The third kappa shape index (κ3) is 2.97. The molecule has 0 aromatic heterocycles. The Morgan fingerprint density at radius 3 is 2.53 bits per heavy atom. The van der Waals surface area contributed by atoms with Crippen LogP contribution in [0.25, 0.3) is 0 Å². The maximum atomic E-state index is 12.4. The van der Waals surface area contributed by atoms with Crippen molar-refractivity contribution in [3.05, 3.63) is 0 Å². The predicted octanol–water partition coefficient (Wildman–Crippen LogP) is -0.345. The van der Waals surface area contributed by atoms with Crippen molar-refractivity contribution in [1.29, 1.82) is 0 Å².